The van der Waals surface area contributed by atoms with Gasteiger partial charge >= 0.3 is 0 Å². The van der Waals surface area contributed by atoms with Crippen molar-refractivity contribution in [2.75, 3.05) is 11.1 Å². The van der Waals surface area contributed by atoms with E-state index in [4.69, 9.17) is 11.6 Å². The van der Waals surface area contributed by atoms with Gasteiger partial charge in [-0.25, -0.2) is 0 Å². The molecule has 3 rings (SSSR count). The zero-order valence-corrected chi connectivity index (χ0v) is 20.9. The Morgan fingerprint density at radius 3 is 2.47 bits per heavy atom. The van der Waals surface area contributed by atoms with Gasteiger partial charge in [-0.05, 0) is 49.6 Å². The Bertz CT molecular complexity index is 1070. The van der Waals surface area contributed by atoms with E-state index in [1.807, 2.05) is 48.8 Å². The summed E-state index contributed by atoms with van der Waals surface area (Å²) >= 11 is 9.10. The lowest BCUT2D eigenvalue weighted by Crippen LogP contribution is -2.16. The number of aromatic nitrogens is 3. The van der Waals surface area contributed by atoms with Crippen LogP contribution in [0.5, 0.6) is 0 Å². The van der Waals surface area contributed by atoms with Gasteiger partial charge in [0.2, 0.25) is 5.91 Å². The third kappa shape index (κ3) is 6.64. The Balaban J connectivity index is 1.59. The van der Waals surface area contributed by atoms with Gasteiger partial charge in [-0.3, -0.25) is 4.79 Å². The molecule has 0 aliphatic carbocycles. The largest absolute Gasteiger partial charge is 0.325 e. The second-order valence-corrected chi connectivity index (χ2v) is 9.89. The van der Waals surface area contributed by atoms with Crippen molar-refractivity contribution in [3.8, 4) is 0 Å². The maximum Gasteiger partial charge on any atom is 0.234 e. The van der Waals surface area contributed by atoms with Crippen LogP contribution in [0.15, 0.2) is 54.2 Å². The SMILES string of the molecule is C=CCn1c(CSCc2ccc(Cl)cc2)nnc1SCC(=O)Nc1c(C)cc(C)cc1C. The van der Waals surface area contributed by atoms with E-state index in [1.165, 1.54) is 22.9 Å². The summed E-state index contributed by atoms with van der Waals surface area (Å²) in [4.78, 5) is 12.6. The number of hydrogen-bond donors (Lipinski definition) is 1. The average molecular weight is 487 g/mol. The maximum absolute atomic E-state index is 12.6. The van der Waals surface area contributed by atoms with Crippen LogP contribution in [-0.2, 0) is 22.8 Å². The van der Waals surface area contributed by atoms with Gasteiger partial charge in [0.25, 0.3) is 0 Å². The molecule has 5 nitrogen and oxygen atoms in total. The highest BCUT2D eigenvalue weighted by Crippen LogP contribution is 2.25. The third-order valence-corrected chi connectivity index (χ3v) is 7.01. The zero-order chi connectivity index (χ0) is 23.1. The van der Waals surface area contributed by atoms with Crippen molar-refractivity contribution in [3.05, 3.63) is 82.2 Å². The molecule has 0 aliphatic rings. The summed E-state index contributed by atoms with van der Waals surface area (Å²) in [6.45, 7) is 10.5. The predicted molar refractivity (Wildman–Crippen MR) is 137 cm³/mol. The fraction of sp³-hybridized carbons (Fsp3) is 0.292. The molecule has 0 aliphatic heterocycles. The minimum Gasteiger partial charge on any atom is -0.325 e. The van der Waals surface area contributed by atoms with Crippen LogP contribution in [0.1, 0.15) is 28.1 Å². The molecule has 0 bridgehead atoms. The molecule has 1 heterocycles. The van der Waals surface area contributed by atoms with Gasteiger partial charge in [0.05, 0.1) is 11.5 Å². The molecule has 0 saturated carbocycles. The number of aryl methyl sites for hydroxylation is 3. The monoisotopic (exact) mass is 486 g/mol. The van der Waals surface area contributed by atoms with E-state index in [2.05, 4.69) is 41.1 Å². The first-order valence-electron chi connectivity index (χ1n) is 10.2. The van der Waals surface area contributed by atoms with Crippen LogP contribution < -0.4 is 5.32 Å². The molecular weight excluding hydrogens is 460 g/mol. The van der Waals surface area contributed by atoms with E-state index in [-0.39, 0.29) is 11.7 Å². The van der Waals surface area contributed by atoms with Crippen LogP contribution in [0.4, 0.5) is 5.69 Å². The number of nitrogens with one attached hydrogen (secondary N) is 1. The zero-order valence-electron chi connectivity index (χ0n) is 18.5. The molecule has 0 atom stereocenters. The normalized spacial score (nSPS) is 10.9. The fourth-order valence-electron chi connectivity index (χ4n) is 3.37. The van der Waals surface area contributed by atoms with Crippen LogP contribution in [0, 0.1) is 20.8 Å². The van der Waals surface area contributed by atoms with Gasteiger partial charge < -0.3 is 9.88 Å². The van der Waals surface area contributed by atoms with E-state index < -0.39 is 0 Å². The first-order chi connectivity index (χ1) is 15.4. The van der Waals surface area contributed by atoms with Crippen molar-refractivity contribution < 1.29 is 4.79 Å². The summed E-state index contributed by atoms with van der Waals surface area (Å²) in [6.07, 6.45) is 1.82. The molecule has 32 heavy (non-hydrogen) atoms. The number of amides is 1. The molecular formula is C24H27ClN4OS2. The number of thioether (sulfide) groups is 2. The van der Waals surface area contributed by atoms with Crippen LogP contribution in [0.25, 0.3) is 0 Å². The minimum absolute atomic E-state index is 0.0585. The van der Waals surface area contributed by atoms with Crippen molar-refractivity contribution in [2.45, 2.75) is 44.0 Å². The van der Waals surface area contributed by atoms with Crippen LogP contribution >= 0.6 is 35.1 Å². The van der Waals surface area contributed by atoms with Gasteiger partial charge in [0.15, 0.2) is 5.16 Å². The van der Waals surface area contributed by atoms with Gasteiger partial charge in [-0.15, -0.1) is 28.5 Å². The van der Waals surface area contributed by atoms with Crippen molar-refractivity contribution in [1.82, 2.24) is 14.8 Å². The smallest absolute Gasteiger partial charge is 0.234 e. The molecule has 1 aromatic heterocycles. The Kier molecular flexibility index (Phi) is 8.84. The molecule has 0 saturated heterocycles. The van der Waals surface area contributed by atoms with Gasteiger partial charge in [-0.1, -0.05) is 59.3 Å². The Hall–Kier alpha value is -2.22. The molecule has 0 spiro atoms. The summed E-state index contributed by atoms with van der Waals surface area (Å²) in [5.41, 5.74) is 5.41. The second-order valence-electron chi connectivity index (χ2n) is 7.53. The third-order valence-electron chi connectivity index (χ3n) is 4.79. The number of carbonyl (C=O) groups is 1. The van der Waals surface area contributed by atoms with Crippen LogP contribution in [-0.4, -0.2) is 26.4 Å². The molecule has 0 radical (unpaired) electrons. The van der Waals surface area contributed by atoms with E-state index in [0.29, 0.717) is 6.54 Å². The lowest BCUT2D eigenvalue weighted by molar-refractivity contribution is -0.113. The average Bonchev–Trinajstić information content (AvgIpc) is 3.12. The molecule has 168 valence electrons. The lowest BCUT2D eigenvalue weighted by Gasteiger charge is -2.13. The predicted octanol–water partition coefficient (Wildman–Crippen LogP) is 6.21. The van der Waals surface area contributed by atoms with E-state index >= 15 is 0 Å². The highest BCUT2D eigenvalue weighted by atomic mass is 35.5. The minimum atomic E-state index is -0.0585. The summed E-state index contributed by atoms with van der Waals surface area (Å²) in [5.74, 6) is 2.66. The highest BCUT2D eigenvalue weighted by Gasteiger charge is 2.15. The molecule has 1 N–H and O–H groups in total. The molecule has 1 amide bonds. The lowest BCUT2D eigenvalue weighted by atomic mass is 10.1. The number of allylic oxidation sites excluding steroid dienone is 1. The van der Waals surface area contributed by atoms with Crippen molar-refractivity contribution in [3.63, 3.8) is 0 Å². The Labute approximate surface area is 203 Å². The Morgan fingerprint density at radius 1 is 1.12 bits per heavy atom. The summed E-state index contributed by atoms with van der Waals surface area (Å²) in [6, 6.07) is 12.0. The van der Waals surface area contributed by atoms with Gasteiger partial charge in [-0.2, -0.15) is 0 Å². The summed E-state index contributed by atoms with van der Waals surface area (Å²) < 4.78 is 2.02. The maximum atomic E-state index is 12.6. The highest BCUT2D eigenvalue weighted by molar-refractivity contribution is 7.99. The molecule has 0 unspecified atom stereocenters. The number of nitrogens with zero attached hydrogens (tertiary/aromatic N) is 3. The number of benzene rings is 2. The van der Waals surface area contributed by atoms with Crippen LogP contribution in [0.3, 0.4) is 0 Å². The van der Waals surface area contributed by atoms with Crippen molar-refractivity contribution in [2.24, 2.45) is 0 Å². The number of anilines is 1. The second kappa shape index (κ2) is 11.6. The number of rotatable bonds is 10. The van der Waals surface area contributed by atoms with Gasteiger partial charge in [0, 0.05) is 23.0 Å². The van der Waals surface area contributed by atoms with Gasteiger partial charge in [0.1, 0.15) is 5.82 Å². The number of carbonyl (C=O) groups excluding carboxylic acids is 1. The Morgan fingerprint density at radius 2 is 1.81 bits per heavy atom. The topological polar surface area (TPSA) is 59.8 Å². The quantitative estimate of drug-likeness (QED) is 0.273. The summed E-state index contributed by atoms with van der Waals surface area (Å²) in [7, 11) is 0. The van der Waals surface area contributed by atoms with E-state index in [0.717, 1.165) is 44.3 Å². The number of hydrogen-bond acceptors (Lipinski definition) is 5. The summed E-state index contributed by atoms with van der Waals surface area (Å²) in [5, 5.41) is 13.2. The fourth-order valence-corrected chi connectivity index (χ4v) is 5.19. The molecule has 2 aromatic carbocycles. The standard InChI is InChI=1S/C24H27ClN4OS2/c1-5-10-29-21(14-31-13-19-6-8-20(25)9-7-19)27-28-24(29)32-15-22(30)26-23-17(3)11-16(2)12-18(23)4/h5-9,11-12H,1,10,13-15H2,2-4H3,(H,26,30). The first-order valence-corrected chi connectivity index (χ1v) is 12.7. The van der Waals surface area contributed by atoms with Crippen molar-refractivity contribution in [1.29, 1.82) is 0 Å². The van der Waals surface area contributed by atoms with E-state index in [1.54, 1.807) is 11.8 Å². The molecule has 0 fully saturated rings. The van der Waals surface area contributed by atoms with Crippen LogP contribution in [0.2, 0.25) is 5.02 Å². The van der Waals surface area contributed by atoms with E-state index in [9.17, 15) is 4.79 Å². The first kappa shape index (κ1) is 24.4. The molecule has 8 heteroatoms. The molecule has 3 aromatic rings. The van der Waals surface area contributed by atoms with Crippen molar-refractivity contribution >= 4 is 46.7 Å². The number of halogens is 1.